The molecule has 0 aliphatic rings. The van der Waals surface area contributed by atoms with Gasteiger partial charge in [0.25, 0.3) is 5.91 Å². The standard InChI is InChI=1S/C20H17Cl2N3O4S/c21-16-9-8-15(19(22)11-16)12-23-24-20(26)14-25(13-17-5-4-10-29-17)30(27,28)18-6-2-1-3-7-18/h1-12H,13-14H2,(H,24,26). The Morgan fingerprint density at radius 2 is 1.87 bits per heavy atom. The van der Waals surface area contributed by atoms with E-state index in [1.165, 1.54) is 24.6 Å². The molecule has 0 bridgehead atoms. The first kappa shape index (κ1) is 22.0. The average Bonchev–Trinajstić information content (AvgIpc) is 3.23. The number of hydrogen-bond donors (Lipinski definition) is 1. The molecular formula is C20H17Cl2N3O4S. The molecule has 0 saturated carbocycles. The molecule has 0 unspecified atom stereocenters. The lowest BCUT2D eigenvalue weighted by molar-refractivity contribution is -0.121. The summed E-state index contributed by atoms with van der Waals surface area (Å²) in [7, 11) is -3.94. The molecule has 1 amide bonds. The van der Waals surface area contributed by atoms with Gasteiger partial charge in [0.15, 0.2) is 0 Å². The first-order chi connectivity index (χ1) is 14.4. The van der Waals surface area contributed by atoms with E-state index in [2.05, 4.69) is 10.5 Å². The maximum atomic E-state index is 13.0. The third-order valence-corrected chi connectivity index (χ3v) is 6.34. The van der Waals surface area contributed by atoms with Crippen LogP contribution < -0.4 is 5.43 Å². The van der Waals surface area contributed by atoms with Crippen LogP contribution in [0.1, 0.15) is 11.3 Å². The van der Waals surface area contributed by atoms with E-state index >= 15 is 0 Å². The number of hydrazone groups is 1. The fraction of sp³-hybridized carbons (Fsp3) is 0.100. The van der Waals surface area contributed by atoms with Gasteiger partial charge in [-0.15, -0.1) is 0 Å². The van der Waals surface area contributed by atoms with Crippen LogP contribution in [0, 0.1) is 0 Å². The first-order valence-corrected chi connectivity index (χ1v) is 10.9. The number of sulfonamides is 1. The van der Waals surface area contributed by atoms with Gasteiger partial charge in [-0.05, 0) is 36.4 Å². The third-order valence-electron chi connectivity index (χ3n) is 3.97. The van der Waals surface area contributed by atoms with Crippen LogP contribution in [0.5, 0.6) is 0 Å². The molecule has 0 radical (unpaired) electrons. The minimum atomic E-state index is -3.94. The zero-order valence-corrected chi connectivity index (χ0v) is 17.9. The minimum absolute atomic E-state index is 0.0702. The minimum Gasteiger partial charge on any atom is -0.468 e. The highest BCUT2D eigenvalue weighted by molar-refractivity contribution is 7.89. The number of furan rings is 1. The number of carbonyl (C=O) groups excluding carboxylic acids is 1. The van der Waals surface area contributed by atoms with Gasteiger partial charge in [-0.25, -0.2) is 13.8 Å². The van der Waals surface area contributed by atoms with E-state index in [-0.39, 0.29) is 11.4 Å². The van der Waals surface area contributed by atoms with Crippen LogP contribution in [-0.4, -0.2) is 31.4 Å². The summed E-state index contributed by atoms with van der Waals surface area (Å²) in [6, 6.07) is 15.9. The summed E-state index contributed by atoms with van der Waals surface area (Å²) in [6.45, 7) is -0.562. The Labute approximate surface area is 184 Å². The van der Waals surface area contributed by atoms with E-state index in [9.17, 15) is 13.2 Å². The zero-order valence-electron chi connectivity index (χ0n) is 15.5. The summed E-state index contributed by atoms with van der Waals surface area (Å²) >= 11 is 11.9. The Balaban J connectivity index is 1.74. The van der Waals surface area contributed by atoms with Crippen molar-refractivity contribution in [2.24, 2.45) is 5.10 Å². The maximum Gasteiger partial charge on any atom is 0.255 e. The molecule has 0 fully saturated rings. The Morgan fingerprint density at radius 3 is 2.53 bits per heavy atom. The van der Waals surface area contributed by atoms with Gasteiger partial charge in [0.05, 0.1) is 35.5 Å². The lowest BCUT2D eigenvalue weighted by Crippen LogP contribution is -2.39. The molecule has 2 aromatic carbocycles. The Morgan fingerprint density at radius 1 is 1.10 bits per heavy atom. The van der Waals surface area contributed by atoms with Crippen LogP contribution in [0.25, 0.3) is 0 Å². The van der Waals surface area contributed by atoms with Crippen LogP contribution in [0.4, 0.5) is 0 Å². The number of halogens is 2. The van der Waals surface area contributed by atoms with E-state index in [0.717, 1.165) is 4.31 Å². The lowest BCUT2D eigenvalue weighted by Gasteiger charge is -2.20. The molecule has 1 N–H and O–H groups in total. The van der Waals surface area contributed by atoms with Crippen molar-refractivity contribution >= 4 is 45.3 Å². The van der Waals surface area contributed by atoms with Crippen LogP contribution in [-0.2, 0) is 21.4 Å². The summed E-state index contributed by atoms with van der Waals surface area (Å²) in [4.78, 5) is 12.4. The van der Waals surface area contributed by atoms with Gasteiger partial charge in [-0.1, -0.05) is 47.5 Å². The Bertz CT molecular complexity index is 1130. The molecule has 0 aliphatic carbocycles. The number of rotatable bonds is 8. The van der Waals surface area contributed by atoms with Crippen molar-refractivity contribution in [2.75, 3.05) is 6.54 Å². The number of nitrogens with one attached hydrogen (secondary N) is 1. The van der Waals surface area contributed by atoms with E-state index in [1.54, 1.807) is 48.5 Å². The molecule has 3 rings (SSSR count). The molecule has 3 aromatic rings. The van der Waals surface area contributed by atoms with Gasteiger partial charge < -0.3 is 4.42 Å². The molecule has 0 spiro atoms. The number of hydrogen-bond acceptors (Lipinski definition) is 5. The highest BCUT2D eigenvalue weighted by Gasteiger charge is 2.27. The van der Waals surface area contributed by atoms with Crippen LogP contribution >= 0.6 is 23.2 Å². The first-order valence-electron chi connectivity index (χ1n) is 8.71. The van der Waals surface area contributed by atoms with Crippen molar-refractivity contribution in [3.05, 3.63) is 88.3 Å². The molecule has 156 valence electrons. The van der Waals surface area contributed by atoms with Gasteiger partial charge in [0.1, 0.15) is 5.76 Å². The van der Waals surface area contributed by atoms with Crippen LogP contribution in [0.3, 0.4) is 0 Å². The van der Waals surface area contributed by atoms with E-state index in [4.69, 9.17) is 27.6 Å². The average molecular weight is 466 g/mol. The SMILES string of the molecule is O=C(CN(Cc1ccco1)S(=O)(=O)c1ccccc1)NN=Cc1ccc(Cl)cc1Cl. The van der Waals surface area contributed by atoms with E-state index in [0.29, 0.717) is 21.4 Å². The normalized spacial score (nSPS) is 11.8. The summed E-state index contributed by atoms with van der Waals surface area (Å²) in [5.74, 6) is -0.221. The van der Waals surface area contributed by atoms with Crippen molar-refractivity contribution < 1.29 is 17.6 Å². The van der Waals surface area contributed by atoms with Gasteiger partial charge in [-0.3, -0.25) is 4.79 Å². The highest BCUT2D eigenvalue weighted by Crippen LogP contribution is 2.20. The molecule has 0 aliphatic heterocycles. The second-order valence-corrected chi connectivity index (χ2v) is 8.91. The lowest BCUT2D eigenvalue weighted by atomic mass is 10.2. The smallest absolute Gasteiger partial charge is 0.255 e. The summed E-state index contributed by atoms with van der Waals surface area (Å²) in [5.41, 5.74) is 2.86. The Kier molecular flexibility index (Phi) is 7.28. The van der Waals surface area contributed by atoms with E-state index in [1.807, 2.05) is 0 Å². The highest BCUT2D eigenvalue weighted by atomic mass is 35.5. The second-order valence-electron chi connectivity index (χ2n) is 6.12. The molecule has 0 saturated heterocycles. The van der Waals surface area contributed by atoms with Gasteiger partial charge in [-0.2, -0.15) is 9.41 Å². The topological polar surface area (TPSA) is 92.0 Å². The van der Waals surface area contributed by atoms with Crippen LogP contribution in [0.2, 0.25) is 10.0 Å². The number of amides is 1. The van der Waals surface area contributed by atoms with Crippen molar-refractivity contribution in [1.29, 1.82) is 0 Å². The van der Waals surface area contributed by atoms with Crippen molar-refractivity contribution in [3.8, 4) is 0 Å². The fourth-order valence-corrected chi connectivity index (χ4v) is 4.36. The molecule has 7 nitrogen and oxygen atoms in total. The maximum absolute atomic E-state index is 13.0. The summed E-state index contributed by atoms with van der Waals surface area (Å²) in [6.07, 6.45) is 2.78. The summed E-state index contributed by atoms with van der Waals surface area (Å²) < 4.78 is 32.3. The quantitative estimate of drug-likeness (QED) is 0.402. The van der Waals surface area contributed by atoms with Crippen LogP contribution in [0.15, 0.2) is 81.3 Å². The predicted molar refractivity (Wildman–Crippen MR) is 115 cm³/mol. The Hall–Kier alpha value is -2.65. The van der Waals surface area contributed by atoms with Gasteiger partial charge >= 0.3 is 0 Å². The molecule has 1 heterocycles. The third kappa shape index (κ3) is 5.70. The molecule has 1 aromatic heterocycles. The largest absolute Gasteiger partial charge is 0.468 e. The zero-order chi connectivity index (χ0) is 21.6. The molecule has 30 heavy (non-hydrogen) atoms. The number of benzene rings is 2. The second kappa shape index (κ2) is 9.90. The number of nitrogens with zero attached hydrogens (tertiary/aromatic N) is 2. The van der Waals surface area contributed by atoms with Gasteiger partial charge in [0, 0.05) is 10.6 Å². The van der Waals surface area contributed by atoms with Crippen molar-refractivity contribution in [3.63, 3.8) is 0 Å². The molecule has 0 atom stereocenters. The van der Waals surface area contributed by atoms with Crippen molar-refractivity contribution in [1.82, 2.24) is 9.73 Å². The summed E-state index contributed by atoms with van der Waals surface area (Å²) in [5, 5.41) is 4.68. The monoisotopic (exact) mass is 465 g/mol. The molecule has 10 heteroatoms. The fourth-order valence-electron chi connectivity index (χ4n) is 2.52. The van der Waals surface area contributed by atoms with Crippen molar-refractivity contribution in [2.45, 2.75) is 11.4 Å². The number of carbonyl (C=O) groups is 1. The molecular weight excluding hydrogens is 449 g/mol. The van der Waals surface area contributed by atoms with E-state index < -0.39 is 22.5 Å². The predicted octanol–water partition coefficient (Wildman–Crippen LogP) is 3.93. The van der Waals surface area contributed by atoms with Gasteiger partial charge in [0.2, 0.25) is 10.0 Å².